The molecule has 2 heterocycles. The molecular formula is C89H60N2. The maximum atomic E-state index is 2.37. The molecular weight excluding hydrogens is 1100 g/mol. The molecule has 0 saturated heterocycles. The molecule has 0 saturated carbocycles. The summed E-state index contributed by atoms with van der Waals surface area (Å²) in [4.78, 5) is 0. The second-order valence-electron chi connectivity index (χ2n) is 23.9. The number of para-hydroxylation sites is 4. The maximum Gasteiger partial charge on any atom is 0.0541 e. The lowest BCUT2D eigenvalue weighted by atomic mass is 9.85. The zero-order valence-electron chi connectivity index (χ0n) is 50.3. The topological polar surface area (TPSA) is 9.86 Å². The summed E-state index contributed by atoms with van der Waals surface area (Å²) in [7, 11) is 0. The molecule has 16 aromatic carbocycles. The molecule has 91 heavy (non-hydrogen) atoms. The molecule has 0 N–H and O–H groups in total. The molecule has 0 aliphatic rings. The Morgan fingerprint density at radius 1 is 0.154 bits per heavy atom. The number of nitrogens with zero attached hydrogens (tertiary/aromatic N) is 2. The van der Waals surface area contributed by atoms with Gasteiger partial charge in [0.05, 0.1) is 22.1 Å². The molecule has 0 fully saturated rings. The van der Waals surface area contributed by atoms with E-state index in [-0.39, 0.29) is 0 Å². The van der Waals surface area contributed by atoms with Gasteiger partial charge in [-0.15, -0.1) is 0 Å². The minimum Gasteiger partial charge on any atom is -0.309 e. The molecule has 0 unspecified atom stereocenters. The molecule has 0 amide bonds. The first-order valence-corrected chi connectivity index (χ1v) is 31.5. The van der Waals surface area contributed by atoms with E-state index in [0.29, 0.717) is 0 Å². The molecule has 2 nitrogen and oxygen atoms in total. The van der Waals surface area contributed by atoms with Gasteiger partial charge in [0.25, 0.3) is 0 Å². The SMILES string of the molecule is Cc1ccc(-c2c3ccccc3c(-c3ccc(-c4ccc(-n5c6ccccc6c6ccccc65)cc4)cc3)c3ccccc23)cc1.c1ccc(-c2c3ccccc3c(-c3ccc(-c4ccc(-n5c6ccccc6c6ccccc65)cc4)cc3)c3ccccc23)cc1. The lowest BCUT2D eigenvalue weighted by Gasteiger charge is -2.18. The van der Waals surface area contributed by atoms with Gasteiger partial charge in [0.2, 0.25) is 0 Å². The highest BCUT2D eigenvalue weighted by Gasteiger charge is 2.20. The van der Waals surface area contributed by atoms with Gasteiger partial charge in [-0.3, -0.25) is 0 Å². The second-order valence-corrected chi connectivity index (χ2v) is 23.9. The molecule has 2 heteroatoms. The zero-order valence-corrected chi connectivity index (χ0v) is 50.3. The highest BCUT2D eigenvalue weighted by Crippen LogP contribution is 2.46. The lowest BCUT2D eigenvalue weighted by Crippen LogP contribution is -1.93. The first-order valence-electron chi connectivity index (χ1n) is 31.5. The van der Waals surface area contributed by atoms with E-state index in [1.807, 2.05) is 0 Å². The fourth-order valence-corrected chi connectivity index (χ4v) is 14.5. The van der Waals surface area contributed by atoms with Gasteiger partial charge in [-0.1, -0.05) is 303 Å². The molecule has 426 valence electrons. The van der Waals surface area contributed by atoms with Crippen molar-refractivity contribution in [2.75, 3.05) is 0 Å². The second kappa shape index (κ2) is 22.4. The van der Waals surface area contributed by atoms with Crippen LogP contribution in [0.4, 0.5) is 0 Å². The van der Waals surface area contributed by atoms with Crippen molar-refractivity contribution < 1.29 is 0 Å². The molecule has 0 aliphatic carbocycles. The van der Waals surface area contributed by atoms with E-state index in [1.165, 1.54) is 170 Å². The Bertz CT molecular complexity index is 5550. The normalized spacial score (nSPS) is 11.6. The summed E-state index contributed by atoms with van der Waals surface area (Å²) >= 11 is 0. The number of hydrogen-bond donors (Lipinski definition) is 0. The van der Waals surface area contributed by atoms with Crippen LogP contribution in [0.2, 0.25) is 0 Å². The average Bonchev–Trinajstić information content (AvgIpc) is 1.06. The Balaban J connectivity index is 0.000000140. The first kappa shape index (κ1) is 53.4. The van der Waals surface area contributed by atoms with Crippen molar-refractivity contribution in [2.45, 2.75) is 6.92 Å². The van der Waals surface area contributed by atoms with E-state index in [9.17, 15) is 0 Å². The molecule has 0 bridgehead atoms. The van der Waals surface area contributed by atoms with Crippen LogP contribution in [-0.4, -0.2) is 9.13 Å². The summed E-state index contributed by atoms with van der Waals surface area (Å²) in [5.74, 6) is 0. The largest absolute Gasteiger partial charge is 0.309 e. The zero-order chi connectivity index (χ0) is 60.4. The van der Waals surface area contributed by atoms with E-state index in [4.69, 9.17) is 0 Å². The molecule has 0 atom stereocenters. The highest BCUT2D eigenvalue weighted by molar-refractivity contribution is 6.23. The van der Waals surface area contributed by atoms with Gasteiger partial charge in [-0.2, -0.15) is 0 Å². The van der Waals surface area contributed by atoms with Crippen LogP contribution in [-0.2, 0) is 0 Å². The quantitative estimate of drug-likeness (QED) is 0.134. The van der Waals surface area contributed by atoms with Crippen molar-refractivity contribution in [3.63, 3.8) is 0 Å². The lowest BCUT2D eigenvalue weighted by molar-refractivity contribution is 1.18. The monoisotopic (exact) mass is 1160 g/mol. The van der Waals surface area contributed by atoms with Gasteiger partial charge in [-0.25, -0.2) is 0 Å². The van der Waals surface area contributed by atoms with Crippen molar-refractivity contribution in [2.24, 2.45) is 0 Å². The summed E-state index contributed by atoms with van der Waals surface area (Å²) in [6, 6.07) is 126. The minimum absolute atomic E-state index is 1.17. The molecule has 18 aromatic rings. The number of benzene rings is 16. The van der Waals surface area contributed by atoms with E-state index in [1.54, 1.807) is 0 Å². The molecule has 0 radical (unpaired) electrons. The summed E-state index contributed by atoms with van der Waals surface area (Å²) < 4.78 is 4.74. The summed E-state index contributed by atoms with van der Waals surface area (Å²) in [6.45, 7) is 2.15. The fourth-order valence-electron chi connectivity index (χ4n) is 14.5. The van der Waals surface area contributed by atoms with Crippen LogP contribution in [0.3, 0.4) is 0 Å². The van der Waals surface area contributed by atoms with Crippen LogP contribution in [0.5, 0.6) is 0 Å². The fraction of sp³-hybridized carbons (Fsp3) is 0.0112. The smallest absolute Gasteiger partial charge is 0.0541 e. The van der Waals surface area contributed by atoms with Crippen LogP contribution < -0.4 is 0 Å². The highest BCUT2D eigenvalue weighted by atomic mass is 15.0. The van der Waals surface area contributed by atoms with Crippen LogP contribution in [0.15, 0.2) is 346 Å². The van der Waals surface area contributed by atoms with Gasteiger partial charge in [0.1, 0.15) is 0 Å². The number of aryl methyl sites for hydroxylation is 1. The molecule has 0 aliphatic heterocycles. The van der Waals surface area contributed by atoms with E-state index >= 15 is 0 Å². The third-order valence-electron chi connectivity index (χ3n) is 18.7. The Labute approximate surface area is 529 Å². The van der Waals surface area contributed by atoms with Gasteiger partial charge in [0.15, 0.2) is 0 Å². The number of hydrogen-bond acceptors (Lipinski definition) is 0. The van der Waals surface area contributed by atoms with Crippen LogP contribution in [0, 0.1) is 6.92 Å². The van der Waals surface area contributed by atoms with Gasteiger partial charge in [0, 0.05) is 32.9 Å². The van der Waals surface area contributed by atoms with Crippen LogP contribution >= 0.6 is 0 Å². The number of fused-ring (bicyclic) bond motifs is 10. The molecule has 0 spiro atoms. The molecule has 18 rings (SSSR count). The van der Waals surface area contributed by atoms with E-state index < -0.39 is 0 Å². The van der Waals surface area contributed by atoms with Crippen molar-refractivity contribution in [3.05, 3.63) is 351 Å². The van der Waals surface area contributed by atoms with Gasteiger partial charge >= 0.3 is 0 Å². The number of rotatable bonds is 8. The van der Waals surface area contributed by atoms with E-state index in [0.717, 1.165) is 0 Å². The average molecular weight is 1160 g/mol. The Hall–Kier alpha value is -11.8. The van der Waals surface area contributed by atoms with Crippen molar-refractivity contribution in [1.82, 2.24) is 9.13 Å². The van der Waals surface area contributed by atoms with Gasteiger partial charge in [-0.05, 0) is 165 Å². The van der Waals surface area contributed by atoms with E-state index in [2.05, 4.69) is 362 Å². The predicted molar refractivity (Wildman–Crippen MR) is 389 cm³/mol. The Morgan fingerprint density at radius 3 is 0.604 bits per heavy atom. The standard InChI is InChI=1S/C45H31N.C44H29N/c1-30-18-20-33(21-19-30)44-38-12-2-4-14-40(38)45(41-15-5-3-13-39(41)44)34-24-22-31(23-25-34)32-26-28-35(29-27-32)46-42-16-8-6-10-36(42)37-11-7-9-17-43(37)46;1-2-12-32(13-3-1)43-37-16-4-6-18-39(37)44(40-19-7-5-17-38(40)43)33-24-22-30(23-25-33)31-26-28-34(29-27-31)45-41-20-10-8-14-35(41)36-15-9-11-21-42(36)45/h2-29H,1H3;1-29H. The van der Waals surface area contributed by atoms with Crippen molar-refractivity contribution >= 4 is 86.7 Å². The van der Waals surface area contributed by atoms with Crippen LogP contribution in [0.25, 0.3) is 165 Å². The van der Waals surface area contributed by atoms with Crippen LogP contribution in [0.1, 0.15) is 5.56 Å². The maximum absolute atomic E-state index is 2.37. The number of aromatic nitrogens is 2. The summed E-state index contributed by atoms with van der Waals surface area (Å²) in [5, 5.41) is 15.4. The van der Waals surface area contributed by atoms with Crippen molar-refractivity contribution in [3.8, 4) is 78.1 Å². The first-order chi connectivity index (χ1) is 45.1. The third kappa shape index (κ3) is 9.19. The summed E-state index contributed by atoms with van der Waals surface area (Å²) in [6.07, 6.45) is 0. The minimum atomic E-state index is 1.17. The third-order valence-corrected chi connectivity index (χ3v) is 18.7. The Kier molecular flexibility index (Phi) is 13.1. The predicted octanol–water partition coefficient (Wildman–Crippen LogP) is 24.5. The van der Waals surface area contributed by atoms with Crippen molar-refractivity contribution in [1.29, 1.82) is 0 Å². The summed E-state index contributed by atoms with van der Waals surface area (Å²) in [5.41, 5.74) is 23.5. The molecule has 2 aromatic heterocycles. The van der Waals surface area contributed by atoms with Gasteiger partial charge < -0.3 is 9.13 Å². The Morgan fingerprint density at radius 2 is 0.341 bits per heavy atom.